The molecule has 2 heterocycles. The molecule has 3 atom stereocenters. The van der Waals surface area contributed by atoms with Gasteiger partial charge in [-0.3, -0.25) is 4.79 Å². The summed E-state index contributed by atoms with van der Waals surface area (Å²) in [6.07, 6.45) is 3.36. The molecule has 142 valence electrons. The van der Waals surface area contributed by atoms with Gasteiger partial charge >= 0.3 is 0 Å². The van der Waals surface area contributed by atoms with Crippen molar-refractivity contribution in [2.24, 2.45) is 11.7 Å². The molecule has 1 aliphatic rings. The highest BCUT2D eigenvalue weighted by atomic mass is 16.3. The summed E-state index contributed by atoms with van der Waals surface area (Å²) in [4.78, 5) is 14.8. The van der Waals surface area contributed by atoms with Crippen LogP contribution in [0.15, 0.2) is 42.7 Å². The van der Waals surface area contributed by atoms with Gasteiger partial charge in [-0.15, -0.1) is 0 Å². The van der Waals surface area contributed by atoms with Gasteiger partial charge in [0.1, 0.15) is 0 Å². The molecule has 0 aliphatic carbocycles. The van der Waals surface area contributed by atoms with Crippen LogP contribution in [0.3, 0.4) is 0 Å². The van der Waals surface area contributed by atoms with E-state index >= 15 is 0 Å². The van der Waals surface area contributed by atoms with E-state index < -0.39 is 12.0 Å². The van der Waals surface area contributed by atoms with Crippen LogP contribution in [0.2, 0.25) is 0 Å². The molecule has 6 heteroatoms. The van der Waals surface area contributed by atoms with Crippen LogP contribution in [0.5, 0.6) is 0 Å². The average molecular weight is 358 g/mol. The maximum absolute atomic E-state index is 11.7. The molecule has 1 aromatic carbocycles. The molecule has 1 aromatic heterocycles. The van der Waals surface area contributed by atoms with Crippen LogP contribution in [0, 0.1) is 12.8 Å². The summed E-state index contributed by atoms with van der Waals surface area (Å²) in [5.41, 5.74) is 8.30. The molecule has 1 aliphatic heterocycles. The van der Waals surface area contributed by atoms with Gasteiger partial charge in [0.2, 0.25) is 5.91 Å². The number of fused-ring (bicyclic) bond motifs is 1. The van der Waals surface area contributed by atoms with Crippen molar-refractivity contribution in [2.45, 2.75) is 38.8 Å². The van der Waals surface area contributed by atoms with Crippen molar-refractivity contribution < 1.29 is 9.90 Å². The molecule has 0 radical (unpaired) electrons. The number of aliphatic hydroxyl groups excluding tert-OH is 1. The Balaban J connectivity index is 0.000000206. The average Bonchev–Trinajstić information content (AvgIpc) is 3.30. The summed E-state index contributed by atoms with van der Waals surface area (Å²) in [6.45, 7) is 8.50. The highest BCUT2D eigenvalue weighted by molar-refractivity contribution is 5.82. The minimum atomic E-state index is -0.645. The standard InChI is InChI=1S/C11H21N3O2.C9H9N/c1-7(12)6-14-11(16)8(2)10(15)9-4-3-5-13-9;1-7-6-10-9-5-3-2-4-8(7)9/h8-10,13,15H,1,3-6,12H2,2H3,(H,14,16);2-6,10H,1H3. The Hall–Kier alpha value is -2.31. The van der Waals surface area contributed by atoms with Gasteiger partial charge in [-0.25, -0.2) is 0 Å². The third kappa shape index (κ3) is 5.34. The molecule has 3 unspecified atom stereocenters. The number of nitrogens with one attached hydrogen (secondary N) is 3. The number of aromatic amines is 1. The minimum Gasteiger partial charge on any atom is -0.401 e. The predicted octanol–water partition coefficient (Wildman–Crippen LogP) is 1.80. The fraction of sp³-hybridized carbons (Fsp3) is 0.450. The summed E-state index contributed by atoms with van der Waals surface area (Å²) >= 11 is 0. The van der Waals surface area contributed by atoms with Crippen molar-refractivity contribution in [1.82, 2.24) is 15.6 Å². The number of hydrogen-bond donors (Lipinski definition) is 5. The Kier molecular flexibility index (Phi) is 7.24. The van der Waals surface area contributed by atoms with E-state index in [-0.39, 0.29) is 18.5 Å². The van der Waals surface area contributed by atoms with Gasteiger partial charge < -0.3 is 26.5 Å². The summed E-state index contributed by atoms with van der Waals surface area (Å²) in [7, 11) is 0. The topological polar surface area (TPSA) is 103 Å². The molecule has 0 saturated carbocycles. The Morgan fingerprint density at radius 1 is 1.46 bits per heavy atom. The van der Waals surface area contributed by atoms with E-state index in [2.05, 4.69) is 47.3 Å². The number of aromatic nitrogens is 1. The number of nitrogens with two attached hydrogens (primary N) is 1. The number of aliphatic hydroxyl groups is 1. The maximum Gasteiger partial charge on any atom is 0.225 e. The lowest BCUT2D eigenvalue weighted by molar-refractivity contribution is -0.128. The number of carbonyl (C=O) groups is 1. The van der Waals surface area contributed by atoms with Crippen molar-refractivity contribution in [1.29, 1.82) is 0 Å². The first-order chi connectivity index (χ1) is 12.4. The molecule has 1 fully saturated rings. The number of hydrogen-bond acceptors (Lipinski definition) is 4. The van der Waals surface area contributed by atoms with Crippen molar-refractivity contribution >= 4 is 16.8 Å². The Morgan fingerprint density at radius 2 is 2.19 bits per heavy atom. The molecule has 26 heavy (non-hydrogen) atoms. The number of rotatable bonds is 5. The molecule has 0 spiro atoms. The van der Waals surface area contributed by atoms with E-state index in [0.717, 1.165) is 19.4 Å². The molecular formula is C20H30N4O2. The Morgan fingerprint density at radius 3 is 2.81 bits per heavy atom. The zero-order valence-corrected chi connectivity index (χ0v) is 15.6. The Labute approximate surface area is 154 Å². The number of para-hydroxylation sites is 1. The number of benzene rings is 1. The fourth-order valence-corrected chi connectivity index (χ4v) is 3.08. The van der Waals surface area contributed by atoms with Crippen LogP contribution in [0.4, 0.5) is 0 Å². The third-order valence-electron chi connectivity index (χ3n) is 4.72. The van der Waals surface area contributed by atoms with Gasteiger partial charge in [0.15, 0.2) is 0 Å². The van der Waals surface area contributed by atoms with Crippen LogP contribution in [-0.4, -0.2) is 41.2 Å². The van der Waals surface area contributed by atoms with Gasteiger partial charge in [-0.1, -0.05) is 31.7 Å². The van der Waals surface area contributed by atoms with Gasteiger partial charge in [-0.05, 0) is 37.9 Å². The van der Waals surface area contributed by atoms with Crippen molar-refractivity contribution in [3.8, 4) is 0 Å². The highest BCUT2D eigenvalue weighted by Gasteiger charge is 2.30. The van der Waals surface area contributed by atoms with Crippen molar-refractivity contribution in [3.05, 3.63) is 48.3 Å². The molecule has 1 amide bonds. The van der Waals surface area contributed by atoms with Crippen LogP contribution in [-0.2, 0) is 4.79 Å². The number of carbonyl (C=O) groups excluding carboxylic acids is 1. The molecule has 1 saturated heterocycles. The second-order valence-electron chi connectivity index (χ2n) is 6.88. The normalized spacial score (nSPS) is 18.7. The summed E-state index contributed by atoms with van der Waals surface area (Å²) in [5.74, 6) is -0.622. The third-order valence-corrected chi connectivity index (χ3v) is 4.72. The minimum absolute atomic E-state index is 0.0295. The van der Waals surface area contributed by atoms with Crippen molar-refractivity contribution in [3.63, 3.8) is 0 Å². The quantitative estimate of drug-likeness (QED) is 0.562. The zero-order valence-electron chi connectivity index (χ0n) is 15.6. The summed E-state index contributed by atoms with van der Waals surface area (Å²) in [5, 5.41) is 17.1. The first-order valence-corrected chi connectivity index (χ1v) is 9.05. The van der Waals surface area contributed by atoms with Crippen LogP contribution < -0.4 is 16.4 Å². The van der Waals surface area contributed by atoms with Gasteiger partial charge in [0, 0.05) is 28.8 Å². The zero-order chi connectivity index (χ0) is 19.1. The number of amides is 1. The SMILES string of the molecule is C=C(N)CNC(=O)C(C)C(O)C1CCCN1.Cc1c[nH]c2ccccc12. The lowest BCUT2D eigenvalue weighted by atomic mass is 9.96. The lowest BCUT2D eigenvalue weighted by Crippen LogP contribution is -2.45. The van der Waals surface area contributed by atoms with Gasteiger partial charge in [0.25, 0.3) is 0 Å². The molecule has 0 bridgehead atoms. The van der Waals surface area contributed by atoms with E-state index in [1.54, 1.807) is 6.92 Å². The molecule has 6 N–H and O–H groups in total. The fourth-order valence-electron chi connectivity index (χ4n) is 3.08. The smallest absolute Gasteiger partial charge is 0.225 e. The monoisotopic (exact) mass is 358 g/mol. The lowest BCUT2D eigenvalue weighted by Gasteiger charge is -2.23. The first-order valence-electron chi connectivity index (χ1n) is 9.05. The molecule has 2 aromatic rings. The molecule has 6 nitrogen and oxygen atoms in total. The second kappa shape index (κ2) is 9.40. The highest BCUT2D eigenvalue weighted by Crippen LogP contribution is 2.16. The summed E-state index contributed by atoms with van der Waals surface area (Å²) < 4.78 is 0. The van der Waals surface area contributed by atoms with Crippen LogP contribution >= 0.6 is 0 Å². The van der Waals surface area contributed by atoms with Crippen molar-refractivity contribution in [2.75, 3.05) is 13.1 Å². The second-order valence-corrected chi connectivity index (χ2v) is 6.88. The van der Waals surface area contributed by atoms with E-state index in [0.29, 0.717) is 5.70 Å². The van der Waals surface area contributed by atoms with Gasteiger partial charge in [-0.2, -0.15) is 0 Å². The van der Waals surface area contributed by atoms with Gasteiger partial charge in [0.05, 0.1) is 18.6 Å². The van der Waals surface area contributed by atoms with Crippen LogP contribution in [0.1, 0.15) is 25.3 Å². The first kappa shape index (κ1) is 20.0. The number of H-pyrrole nitrogens is 1. The van der Waals surface area contributed by atoms with E-state index in [1.165, 1.54) is 16.5 Å². The number of aryl methyl sites for hydroxylation is 1. The molecular weight excluding hydrogens is 328 g/mol. The summed E-state index contributed by atoms with van der Waals surface area (Å²) in [6, 6.07) is 8.34. The maximum atomic E-state index is 11.7. The largest absolute Gasteiger partial charge is 0.401 e. The molecule has 3 rings (SSSR count). The predicted molar refractivity (Wildman–Crippen MR) is 106 cm³/mol. The van der Waals surface area contributed by atoms with E-state index in [4.69, 9.17) is 5.73 Å². The Bertz CT molecular complexity index is 734. The van der Waals surface area contributed by atoms with E-state index in [1.807, 2.05) is 12.3 Å². The van der Waals surface area contributed by atoms with Crippen LogP contribution in [0.25, 0.3) is 10.9 Å². The van der Waals surface area contributed by atoms with E-state index in [9.17, 15) is 9.90 Å².